The fraction of sp³-hybridized carbons (Fsp3) is 0.533. The summed E-state index contributed by atoms with van der Waals surface area (Å²) in [4.78, 5) is 12.5. The molecule has 4 nitrogen and oxygen atoms in total. The molecular weight excluding hydrogens is 244 g/mol. The summed E-state index contributed by atoms with van der Waals surface area (Å²) >= 11 is 0. The Hall–Kier alpha value is -1.39. The first kappa shape index (κ1) is 14.0. The zero-order chi connectivity index (χ0) is 13.7. The highest BCUT2D eigenvalue weighted by Gasteiger charge is 2.26. The molecule has 0 saturated heterocycles. The van der Waals surface area contributed by atoms with Gasteiger partial charge in [0.25, 0.3) is 0 Å². The molecule has 0 amide bonds. The molecular formula is C15H20O4. The Labute approximate surface area is 113 Å². The van der Waals surface area contributed by atoms with Gasteiger partial charge in [0, 0.05) is 13.2 Å². The third-order valence-electron chi connectivity index (χ3n) is 3.05. The number of para-hydroxylation sites is 1. The lowest BCUT2D eigenvalue weighted by molar-refractivity contribution is -0.107. The average Bonchev–Trinajstić information content (AvgIpc) is 2.46. The highest BCUT2D eigenvalue weighted by Crippen LogP contribution is 2.30. The molecule has 0 aromatic heterocycles. The van der Waals surface area contributed by atoms with Gasteiger partial charge in [-0.05, 0) is 38.3 Å². The van der Waals surface area contributed by atoms with Gasteiger partial charge in [0.1, 0.15) is 5.75 Å². The maximum atomic E-state index is 12.5. The van der Waals surface area contributed by atoms with Crippen LogP contribution in [0.1, 0.15) is 36.2 Å². The Morgan fingerprint density at radius 2 is 2.05 bits per heavy atom. The van der Waals surface area contributed by atoms with Crippen molar-refractivity contribution in [2.24, 2.45) is 0 Å². The molecule has 2 rings (SSSR count). The van der Waals surface area contributed by atoms with Gasteiger partial charge in [0.15, 0.2) is 0 Å². The van der Waals surface area contributed by atoms with Crippen molar-refractivity contribution in [1.82, 2.24) is 0 Å². The monoisotopic (exact) mass is 264 g/mol. The van der Waals surface area contributed by atoms with Gasteiger partial charge in [-0.25, -0.2) is 0 Å². The van der Waals surface area contributed by atoms with Gasteiger partial charge in [-0.3, -0.25) is 4.79 Å². The minimum Gasteiger partial charge on any atom is -0.493 e. The molecule has 0 bridgehead atoms. The highest BCUT2D eigenvalue weighted by molar-refractivity contribution is 6.01. The van der Waals surface area contributed by atoms with E-state index >= 15 is 0 Å². The van der Waals surface area contributed by atoms with E-state index in [9.17, 15) is 4.79 Å². The average molecular weight is 264 g/mol. The zero-order valence-corrected chi connectivity index (χ0v) is 11.5. The summed E-state index contributed by atoms with van der Waals surface area (Å²) in [5, 5.41) is 0. The molecule has 0 N–H and O–H groups in total. The van der Waals surface area contributed by atoms with E-state index in [0.29, 0.717) is 31.1 Å². The first-order chi connectivity index (χ1) is 9.27. The summed E-state index contributed by atoms with van der Waals surface area (Å²) in [6.07, 6.45) is 1.10. The van der Waals surface area contributed by atoms with E-state index in [1.807, 2.05) is 26.0 Å². The van der Waals surface area contributed by atoms with Crippen LogP contribution in [0.2, 0.25) is 0 Å². The lowest BCUT2D eigenvalue weighted by Crippen LogP contribution is -2.28. The van der Waals surface area contributed by atoms with E-state index in [1.54, 1.807) is 6.07 Å². The summed E-state index contributed by atoms with van der Waals surface area (Å²) in [5.74, 6) is 0.533. The third kappa shape index (κ3) is 3.14. The molecule has 0 atom stereocenters. The molecule has 0 radical (unpaired) electrons. The SMILES string of the molecule is CCOC(OCC)C(=O)c1cccc2c1OCCC2. The van der Waals surface area contributed by atoms with Crippen molar-refractivity contribution >= 4 is 5.78 Å². The van der Waals surface area contributed by atoms with Crippen molar-refractivity contribution in [3.8, 4) is 5.75 Å². The van der Waals surface area contributed by atoms with Crippen LogP contribution in [0.3, 0.4) is 0 Å². The number of fused-ring (bicyclic) bond motifs is 1. The number of aryl methyl sites for hydroxylation is 1. The molecule has 0 spiro atoms. The second kappa shape index (κ2) is 6.68. The maximum absolute atomic E-state index is 12.5. The summed E-state index contributed by atoms with van der Waals surface area (Å²) < 4.78 is 16.4. The van der Waals surface area contributed by atoms with Crippen LogP contribution in [0.25, 0.3) is 0 Å². The van der Waals surface area contributed by atoms with E-state index in [4.69, 9.17) is 14.2 Å². The zero-order valence-electron chi connectivity index (χ0n) is 11.5. The first-order valence-corrected chi connectivity index (χ1v) is 6.80. The molecule has 0 fully saturated rings. The summed E-state index contributed by atoms with van der Waals surface area (Å²) in [5.41, 5.74) is 1.65. The third-order valence-corrected chi connectivity index (χ3v) is 3.05. The van der Waals surface area contributed by atoms with Crippen LogP contribution >= 0.6 is 0 Å². The van der Waals surface area contributed by atoms with Gasteiger partial charge in [-0.2, -0.15) is 0 Å². The summed E-state index contributed by atoms with van der Waals surface area (Å²) in [7, 11) is 0. The Kier molecular flexibility index (Phi) is 4.93. The smallest absolute Gasteiger partial charge is 0.222 e. The molecule has 1 aliphatic rings. The van der Waals surface area contributed by atoms with Crippen molar-refractivity contribution in [2.45, 2.75) is 33.0 Å². The van der Waals surface area contributed by atoms with E-state index in [2.05, 4.69) is 0 Å². The predicted octanol–water partition coefficient (Wildman–Crippen LogP) is 2.59. The van der Waals surface area contributed by atoms with Gasteiger partial charge in [0.2, 0.25) is 12.1 Å². The van der Waals surface area contributed by atoms with Gasteiger partial charge < -0.3 is 14.2 Å². The number of carbonyl (C=O) groups excluding carboxylic acids is 1. The Bertz CT molecular complexity index is 436. The minimum absolute atomic E-state index is 0.164. The summed E-state index contributed by atoms with van der Waals surface area (Å²) in [6, 6.07) is 5.66. The minimum atomic E-state index is -0.841. The molecule has 1 aliphatic heterocycles. The number of Topliss-reactive ketones (excluding diaryl/α,β-unsaturated/α-hetero) is 1. The molecule has 0 aliphatic carbocycles. The van der Waals surface area contributed by atoms with Gasteiger partial charge in [-0.15, -0.1) is 0 Å². The first-order valence-electron chi connectivity index (χ1n) is 6.80. The van der Waals surface area contributed by atoms with Gasteiger partial charge in [0.05, 0.1) is 12.2 Å². The fourth-order valence-electron chi connectivity index (χ4n) is 2.21. The largest absolute Gasteiger partial charge is 0.493 e. The Balaban J connectivity index is 2.27. The van der Waals surface area contributed by atoms with Crippen LogP contribution in [-0.4, -0.2) is 31.9 Å². The highest BCUT2D eigenvalue weighted by atomic mass is 16.7. The Morgan fingerprint density at radius 1 is 1.32 bits per heavy atom. The van der Waals surface area contributed by atoms with E-state index in [-0.39, 0.29) is 5.78 Å². The number of hydrogen-bond acceptors (Lipinski definition) is 4. The standard InChI is InChI=1S/C15H20O4/c1-3-17-15(18-4-2)13(16)12-9-5-7-11-8-6-10-19-14(11)12/h5,7,9,15H,3-4,6,8,10H2,1-2H3. The molecule has 0 unspecified atom stereocenters. The number of benzene rings is 1. The van der Waals surface area contributed by atoms with Gasteiger partial charge >= 0.3 is 0 Å². The van der Waals surface area contributed by atoms with Crippen molar-refractivity contribution in [1.29, 1.82) is 0 Å². The van der Waals surface area contributed by atoms with E-state index < -0.39 is 6.29 Å². The van der Waals surface area contributed by atoms with Crippen molar-refractivity contribution < 1.29 is 19.0 Å². The second-order valence-electron chi connectivity index (χ2n) is 4.35. The van der Waals surface area contributed by atoms with Crippen LogP contribution in [0.5, 0.6) is 5.75 Å². The molecule has 1 aromatic carbocycles. The molecule has 0 saturated carbocycles. The van der Waals surface area contributed by atoms with Crippen LogP contribution in [-0.2, 0) is 15.9 Å². The van der Waals surface area contributed by atoms with Crippen molar-refractivity contribution in [2.75, 3.05) is 19.8 Å². The summed E-state index contributed by atoms with van der Waals surface area (Å²) in [6.45, 7) is 5.22. The van der Waals surface area contributed by atoms with E-state index in [0.717, 1.165) is 18.4 Å². The van der Waals surface area contributed by atoms with E-state index in [1.165, 1.54) is 0 Å². The van der Waals surface area contributed by atoms with Crippen LogP contribution in [0, 0.1) is 0 Å². The topological polar surface area (TPSA) is 44.8 Å². The normalized spacial score (nSPS) is 14.1. The number of carbonyl (C=O) groups is 1. The van der Waals surface area contributed by atoms with Crippen LogP contribution < -0.4 is 4.74 Å². The van der Waals surface area contributed by atoms with Crippen LogP contribution in [0.4, 0.5) is 0 Å². The molecule has 104 valence electrons. The quantitative estimate of drug-likeness (QED) is 0.585. The fourth-order valence-corrected chi connectivity index (χ4v) is 2.21. The molecule has 4 heteroatoms. The number of ketones is 1. The molecule has 1 heterocycles. The molecule has 19 heavy (non-hydrogen) atoms. The van der Waals surface area contributed by atoms with Gasteiger partial charge in [-0.1, -0.05) is 12.1 Å². The lowest BCUT2D eigenvalue weighted by atomic mass is 10.00. The number of rotatable bonds is 6. The van der Waals surface area contributed by atoms with Crippen molar-refractivity contribution in [3.63, 3.8) is 0 Å². The number of ether oxygens (including phenoxy) is 3. The lowest BCUT2D eigenvalue weighted by Gasteiger charge is -2.22. The van der Waals surface area contributed by atoms with Crippen molar-refractivity contribution in [3.05, 3.63) is 29.3 Å². The number of hydrogen-bond donors (Lipinski definition) is 0. The predicted molar refractivity (Wildman–Crippen MR) is 71.6 cm³/mol. The Morgan fingerprint density at radius 3 is 2.74 bits per heavy atom. The van der Waals surface area contributed by atoms with Crippen LogP contribution in [0.15, 0.2) is 18.2 Å². The maximum Gasteiger partial charge on any atom is 0.222 e. The molecule has 1 aromatic rings. The second-order valence-corrected chi connectivity index (χ2v) is 4.35.